The summed E-state index contributed by atoms with van der Waals surface area (Å²) in [5, 5.41) is 17.4. The average Bonchev–Trinajstić information content (AvgIpc) is 2.74. The van der Waals surface area contributed by atoms with Gasteiger partial charge in [0.1, 0.15) is 12.7 Å². The van der Waals surface area contributed by atoms with E-state index in [1.54, 1.807) is 0 Å². The molecule has 0 spiro atoms. The van der Waals surface area contributed by atoms with Crippen LogP contribution in [-0.2, 0) is 17.9 Å². The minimum Gasteiger partial charge on any atom is -0.388 e. The van der Waals surface area contributed by atoms with E-state index in [0.717, 1.165) is 38.2 Å². The minimum absolute atomic E-state index is 0.0558. The molecule has 1 aliphatic rings. The van der Waals surface area contributed by atoms with Gasteiger partial charge in [-0.3, -0.25) is 0 Å². The lowest BCUT2D eigenvalue weighted by Gasteiger charge is -2.22. The van der Waals surface area contributed by atoms with Crippen molar-refractivity contribution in [3.8, 4) is 0 Å². The number of hydrogen-bond acceptors (Lipinski definition) is 4. The Morgan fingerprint density at radius 2 is 2.31 bits per heavy atom. The average molecular weight is 225 g/mol. The van der Waals surface area contributed by atoms with Gasteiger partial charge in [-0.05, 0) is 25.7 Å². The fourth-order valence-electron chi connectivity index (χ4n) is 2.12. The van der Waals surface area contributed by atoms with Crippen molar-refractivity contribution < 1.29 is 9.84 Å². The third kappa shape index (κ3) is 2.25. The number of hydrogen-bond donors (Lipinski definition) is 1. The van der Waals surface area contributed by atoms with E-state index < -0.39 is 0 Å². The Balaban J connectivity index is 2.20. The molecule has 1 aromatic rings. The highest BCUT2D eigenvalue weighted by Crippen LogP contribution is 2.27. The lowest BCUT2D eigenvalue weighted by atomic mass is 10.1. The third-order valence-corrected chi connectivity index (χ3v) is 2.91. The van der Waals surface area contributed by atoms with Crippen LogP contribution in [0.1, 0.15) is 50.4 Å². The van der Waals surface area contributed by atoms with Crippen molar-refractivity contribution in [2.45, 2.75) is 51.9 Å². The second kappa shape index (κ2) is 5.41. The number of aromatic nitrogens is 3. The summed E-state index contributed by atoms with van der Waals surface area (Å²) < 4.78 is 7.70. The van der Waals surface area contributed by atoms with Gasteiger partial charge >= 0.3 is 0 Å². The predicted octanol–water partition coefficient (Wildman–Crippen LogP) is 1.42. The SMILES string of the molecule is CCCn1c(CO)nnc1C1CCCCO1. The van der Waals surface area contributed by atoms with Crippen molar-refractivity contribution >= 4 is 0 Å². The van der Waals surface area contributed by atoms with Crippen LogP contribution in [0.2, 0.25) is 0 Å². The van der Waals surface area contributed by atoms with E-state index in [1.807, 2.05) is 4.57 Å². The molecule has 0 amide bonds. The standard InChI is InChI=1S/C11H19N3O2/c1-2-6-14-10(8-15)12-13-11(14)9-5-3-4-7-16-9/h9,15H,2-8H2,1H3. The summed E-state index contributed by atoms with van der Waals surface area (Å²) in [7, 11) is 0. The van der Waals surface area contributed by atoms with Crippen molar-refractivity contribution in [2.24, 2.45) is 0 Å². The molecule has 1 unspecified atom stereocenters. The Bertz CT molecular complexity index is 332. The summed E-state index contributed by atoms with van der Waals surface area (Å²) in [6.45, 7) is 3.70. The first-order chi connectivity index (χ1) is 7.86. The fourth-order valence-corrected chi connectivity index (χ4v) is 2.12. The Labute approximate surface area is 95.4 Å². The molecule has 1 atom stereocenters. The summed E-state index contributed by atoms with van der Waals surface area (Å²) in [5.74, 6) is 1.52. The molecule has 0 aromatic carbocycles. The number of rotatable bonds is 4. The van der Waals surface area contributed by atoms with Crippen molar-refractivity contribution in [2.75, 3.05) is 6.61 Å². The fraction of sp³-hybridized carbons (Fsp3) is 0.818. The molecule has 1 N–H and O–H groups in total. The van der Waals surface area contributed by atoms with Gasteiger partial charge in [0.05, 0.1) is 0 Å². The molecule has 0 radical (unpaired) electrons. The first-order valence-electron chi connectivity index (χ1n) is 6.01. The molecule has 5 heteroatoms. The van der Waals surface area contributed by atoms with Crippen molar-refractivity contribution in [1.82, 2.24) is 14.8 Å². The molecule has 16 heavy (non-hydrogen) atoms. The van der Waals surface area contributed by atoms with Gasteiger partial charge in [-0.1, -0.05) is 6.92 Å². The normalized spacial score (nSPS) is 21.2. The maximum atomic E-state index is 9.19. The molecule has 1 fully saturated rings. The summed E-state index contributed by atoms with van der Waals surface area (Å²) in [5.41, 5.74) is 0. The zero-order valence-electron chi connectivity index (χ0n) is 9.72. The predicted molar refractivity (Wildman–Crippen MR) is 58.8 cm³/mol. The first-order valence-corrected chi connectivity index (χ1v) is 6.01. The highest BCUT2D eigenvalue weighted by molar-refractivity contribution is 4.99. The lowest BCUT2D eigenvalue weighted by Crippen LogP contribution is -2.17. The summed E-state index contributed by atoms with van der Waals surface area (Å²) in [6, 6.07) is 0. The summed E-state index contributed by atoms with van der Waals surface area (Å²) >= 11 is 0. The Hall–Kier alpha value is -0.940. The topological polar surface area (TPSA) is 60.2 Å². The Kier molecular flexibility index (Phi) is 3.90. The van der Waals surface area contributed by atoms with Gasteiger partial charge in [-0.25, -0.2) is 0 Å². The minimum atomic E-state index is -0.0558. The molecule has 90 valence electrons. The van der Waals surface area contributed by atoms with Crippen molar-refractivity contribution in [1.29, 1.82) is 0 Å². The van der Waals surface area contributed by atoms with Gasteiger partial charge in [0.15, 0.2) is 11.6 Å². The lowest BCUT2D eigenvalue weighted by molar-refractivity contribution is 0.00688. The van der Waals surface area contributed by atoms with Gasteiger partial charge in [0, 0.05) is 13.2 Å². The van der Waals surface area contributed by atoms with Crippen LogP contribution in [0, 0.1) is 0 Å². The molecule has 1 saturated heterocycles. The smallest absolute Gasteiger partial charge is 0.162 e. The zero-order valence-corrected chi connectivity index (χ0v) is 9.72. The third-order valence-electron chi connectivity index (χ3n) is 2.91. The number of nitrogens with zero attached hydrogens (tertiary/aromatic N) is 3. The van der Waals surface area contributed by atoms with Gasteiger partial charge in [-0.15, -0.1) is 10.2 Å². The van der Waals surface area contributed by atoms with Crippen LogP contribution in [0.4, 0.5) is 0 Å². The Morgan fingerprint density at radius 3 is 2.94 bits per heavy atom. The Morgan fingerprint density at radius 1 is 1.44 bits per heavy atom. The molecule has 0 saturated carbocycles. The monoisotopic (exact) mass is 225 g/mol. The van der Waals surface area contributed by atoms with E-state index in [4.69, 9.17) is 4.74 Å². The van der Waals surface area contributed by atoms with Gasteiger partial charge in [0.25, 0.3) is 0 Å². The van der Waals surface area contributed by atoms with E-state index in [2.05, 4.69) is 17.1 Å². The van der Waals surface area contributed by atoms with Gasteiger partial charge in [0.2, 0.25) is 0 Å². The van der Waals surface area contributed by atoms with Crippen LogP contribution >= 0.6 is 0 Å². The van der Waals surface area contributed by atoms with Crippen LogP contribution in [0.25, 0.3) is 0 Å². The molecular formula is C11H19N3O2. The van der Waals surface area contributed by atoms with Crippen LogP contribution in [0.15, 0.2) is 0 Å². The van der Waals surface area contributed by atoms with Gasteiger partial charge < -0.3 is 14.4 Å². The van der Waals surface area contributed by atoms with Crippen LogP contribution in [-0.4, -0.2) is 26.5 Å². The van der Waals surface area contributed by atoms with E-state index in [-0.39, 0.29) is 12.7 Å². The summed E-state index contributed by atoms with van der Waals surface area (Å²) in [4.78, 5) is 0. The van der Waals surface area contributed by atoms with E-state index in [1.165, 1.54) is 6.42 Å². The summed E-state index contributed by atoms with van der Waals surface area (Å²) in [6.07, 6.45) is 4.38. The molecular weight excluding hydrogens is 206 g/mol. The molecule has 0 bridgehead atoms. The quantitative estimate of drug-likeness (QED) is 0.842. The molecule has 2 rings (SSSR count). The largest absolute Gasteiger partial charge is 0.388 e. The molecule has 0 aliphatic carbocycles. The maximum Gasteiger partial charge on any atom is 0.162 e. The number of ether oxygens (including phenoxy) is 1. The highest BCUT2D eigenvalue weighted by Gasteiger charge is 2.23. The number of aliphatic hydroxyl groups excluding tert-OH is 1. The highest BCUT2D eigenvalue weighted by atomic mass is 16.5. The van der Waals surface area contributed by atoms with E-state index in [9.17, 15) is 5.11 Å². The zero-order chi connectivity index (χ0) is 11.4. The first kappa shape index (κ1) is 11.5. The second-order valence-corrected chi connectivity index (χ2v) is 4.14. The molecule has 5 nitrogen and oxygen atoms in total. The maximum absolute atomic E-state index is 9.19. The molecule has 1 aliphatic heterocycles. The van der Waals surface area contributed by atoms with Crippen LogP contribution in [0.3, 0.4) is 0 Å². The molecule has 2 heterocycles. The second-order valence-electron chi connectivity index (χ2n) is 4.14. The van der Waals surface area contributed by atoms with E-state index in [0.29, 0.717) is 5.82 Å². The van der Waals surface area contributed by atoms with Crippen molar-refractivity contribution in [3.63, 3.8) is 0 Å². The molecule has 1 aromatic heterocycles. The van der Waals surface area contributed by atoms with Gasteiger partial charge in [-0.2, -0.15) is 0 Å². The van der Waals surface area contributed by atoms with E-state index >= 15 is 0 Å². The number of aliphatic hydroxyl groups is 1. The van der Waals surface area contributed by atoms with Crippen LogP contribution < -0.4 is 0 Å². The van der Waals surface area contributed by atoms with Crippen LogP contribution in [0.5, 0.6) is 0 Å². The van der Waals surface area contributed by atoms with Crippen molar-refractivity contribution in [3.05, 3.63) is 11.6 Å².